The lowest BCUT2D eigenvalue weighted by molar-refractivity contribution is -0.308. The smallest absolute Gasteiger partial charge is 0.406 e. The van der Waals surface area contributed by atoms with E-state index in [9.17, 15) is 13.2 Å². The minimum atomic E-state index is -4.75. The molecule has 10 nitrogen and oxygen atoms in total. The van der Waals surface area contributed by atoms with Crippen LogP contribution in [0.5, 0.6) is 5.75 Å². The summed E-state index contributed by atoms with van der Waals surface area (Å²) in [4.78, 5) is 15.6. The van der Waals surface area contributed by atoms with Crippen molar-refractivity contribution in [3.8, 4) is 5.75 Å². The molecule has 6 atom stereocenters. The molecule has 13 heteroatoms. The summed E-state index contributed by atoms with van der Waals surface area (Å²) < 4.78 is 63.8. The fourth-order valence-electron chi connectivity index (χ4n) is 4.28. The van der Waals surface area contributed by atoms with Crippen molar-refractivity contribution in [2.75, 3.05) is 20.8 Å². The van der Waals surface area contributed by atoms with Crippen LogP contribution < -0.4 is 10.2 Å². The summed E-state index contributed by atoms with van der Waals surface area (Å²) in [6, 6.07) is 12.6. The molecule has 1 unspecified atom stereocenters. The zero-order chi connectivity index (χ0) is 28.0. The van der Waals surface area contributed by atoms with E-state index in [1.54, 1.807) is 14.2 Å². The van der Waals surface area contributed by atoms with Gasteiger partial charge in [0.2, 0.25) is 6.23 Å². The zero-order valence-corrected chi connectivity index (χ0v) is 21.8. The Morgan fingerprint density at radius 2 is 1.69 bits per heavy atom. The van der Waals surface area contributed by atoms with E-state index in [0.717, 1.165) is 11.1 Å². The normalized spacial score (nSPS) is 27.3. The highest BCUT2D eigenvalue weighted by atomic mass is 19.4. The number of hydrogen-bond acceptors (Lipinski definition) is 10. The molecule has 0 bridgehead atoms. The largest absolute Gasteiger partial charge is 0.573 e. The van der Waals surface area contributed by atoms with Gasteiger partial charge in [0, 0.05) is 32.0 Å². The quantitative estimate of drug-likeness (QED) is 0.347. The maximum atomic E-state index is 12.4. The fourth-order valence-corrected chi connectivity index (χ4v) is 4.28. The van der Waals surface area contributed by atoms with Gasteiger partial charge in [-0.25, -0.2) is 15.3 Å². The van der Waals surface area contributed by atoms with Crippen molar-refractivity contribution >= 4 is 12.1 Å². The molecule has 0 radical (unpaired) electrons. The molecule has 2 heterocycles. The van der Waals surface area contributed by atoms with Crippen molar-refractivity contribution in [1.82, 2.24) is 5.48 Å². The Labute approximate surface area is 223 Å². The van der Waals surface area contributed by atoms with Crippen molar-refractivity contribution in [2.24, 2.45) is 10.1 Å². The van der Waals surface area contributed by atoms with Gasteiger partial charge in [0.25, 0.3) is 6.29 Å². The number of rotatable bonds is 10. The van der Waals surface area contributed by atoms with Crippen LogP contribution in [0.4, 0.5) is 13.2 Å². The van der Waals surface area contributed by atoms with Crippen LogP contribution >= 0.6 is 0 Å². The third-order valence-corrected chi connectivity index (χ3v) is 6.09. The van der Waals surface area contributed by atoms with Gasteiger partial charge in [0.05, 0.1) is 12.3 Å². The van der Waals surface area contributed by atoms with Crippen LogP contribution in [-0.4, -0.2) is 69.9 Å². The lowest BCUT2D eigenvalue weighted by atomic mass is 9.99. The second-order valence-corrected chi connectivity index (χ2v) is 8.66. The highest BCUT2D eigenvalue weighted by molar-refractivity contribution is 5.99. The van der Waals surface area contributed by atoms with Gasteiger partial charge in [-0.15, -0.1) is 13.2 Å². The molecule has 1 saturated heterocycles. The first-order valence-electron chi connectivity index (χ1n) is 12.2. The average molecular weight is 554 g/mol. The van der Waals surface area contributed by atoms with Gasteiger partial charge in [0.1, 0.15) is 18.0 Å². The van der Waals surface area contributed by atoms with Gasteiger partial charge in [0.15, 0.2) is 11.9 Å². The maximum Gasteiger partial charge on any atom is 0.573 e. The minimum absolute atomic E-state index is 0.297. The van der Waals surface area contributed by atoms with E-state index in [4.69, 9.17) is 28.6 Å². The summed E-state index contributed by atoms with van der Waals surface area (Å²) >= 11 is 0. The van der Waals surface area contributed by atoms with Crippen molar-refractivity contribution < 1.29 is 46.5 Å². The van der Waals surface area contributed by atoms with E-state index >= 15 is 0 Å². The van der Waals surface area contributed by atoms with Gasteiger partial charge in [-0.1, -0.05) is 29.4 Å². The molecule has 212 valence electrons. The lowest BCUT2D eigenvalue weighted by Gasteiger charge is -2.42. The Kier molecular flexibility index (Phi) is 9.40. The molecule has 39 heavy (non-hydrogen) atoms. The minimum Gasteiger partial charge on any atom is -0.406 e. The van der Waals surface area contributed by atoms with Crippen LogP contribution in [0.2, 0.25) is 0 Å². The van der Waals surface area contributed by atoms with Crippen LogP contribution in [0.15, 0.2) is 58.7 Å². The Balaban J connectivity index is 1.36. The summed E-state index contributed by atoms with van der Waals surface area (Å²) in [5, 5.41) is 4.07. The van der Waals surface area contributed by atoms with Gasteiger partial charge >= 0.3 is 6.36 Å². The van der Waals surface area contributed by atoms with E-state index in [1.807, 2.05) is 38.1 Å². The Hall–Kier alpha value is -3.23. The summed E-state index contributed by atoms with van der Waals surface area (Å²) in [6.45, 7) is 4.24. The van der Waals surface area contributed by atoms with Crippen molar-refractivity contribution in [3.05, 3.63) is 65.2 Å². The number of nitrogens with zero attached hydrogens (tertiary/aromatic N) is 2. The summed E-state index contributed by atoms with van der Waals surface area (Å²) in [5.41, 5.74) is 4.75. The number of benzene rings is 2. The molecule has 1 fully saturated rings. The molecule has 0 saturated carbocycles. The number of oxime groups is 1. The van der Waals surface area contributed by atoms with E-state index in [2.05, 4.69) is 20.4 Å². The highest BCUT2D eigenvalue weighted by Crippen LogP contribution is 2.29. The predicted octanol–water partition coefficient (Wildman–Crippen LogP) is 4.10. The number of halogens is 3. The third-order valence-electron chi connectivity index (χ3n) is 6.09. The molecule has 2 aliphatic heterocycles. The van der Waals surface area contributed by atoms with E-state index < -0.39 is 25.0 Å². The van der Waals surface area contributed by atoms with Crippen LogP contribution in [0.25, 0.3) is 0 Å². The standard InChI is InChI=1S/C26H30F3N3O7/c1-5-35-21-20(33-3)15(2)36-25(22(21)34-4)39-30-14-16-6-8-18(9-7-16)24-31-23(32-38-24)17-10-12-19(13-11-17)37-26(27,28)29/h6-15,20-22,24-25H,5H2,1-4H3,(H,31,32)/b30-14+/t15-,20-,21+,22+,24?,25-/m0/s1. The molecule has 0 amide bonds. The van der Waals surface area contributed by atoms with Crippen molar-refractivity contribution in [1.29, 1.82) is 0 Å². The monoisotopic (exact) mass is 553 g/mol. The maximum absolute atomic E-state index is 12.4. The molecular formula is C26H30F3N3O7. The third kappa shape index (κ3) is 7.25. The lowest BCUT2D eigenvalue weighted by Crippen LogP contribution is -2.59. The van der Waals surface area contributed by atoms with Gasteiger partial charge in [-0.3, -0.25) is 0 Å². The van der Waals surface area contributed by atoms with Crippen molar-refractivity contribution in [2.45, 2.75) is 57.1 Å². The molecule has 0 spiro atoms. The number of hydroxylamine groups is 1. The van der Waals surface area contributed by atoms with E-state index in [-0.39, 0.29) is 24.1 Å². The number of methoxy groups -OCH3 is 2. The van der Waals surface area contributed by atoms with Gasteiger partial charge in [-0.05, 0) is 43.7 Å². The first-order chi connectivity index (χ1) is 18.7. The second kappa shape index (κ2) is 12.7. The fraction of sp³-hybridized carbons (Fsp3) is 0.462. The topological polar surface area (TPSA) is 101 Å². The Morgan fingerprint density at radius 1 is 1.00 bits per heavy atom. The summed E-state index contributed by atoms with van der Waals surface area (Å²) in [5.74, 6) is 0.0622. The van der Waals surface area contributed by atoms with Gasteiger partial charge < -0.3 is 28.5 Å². The number of ether oxygens (including phenoxy) is 5. The molecule has 2 aromatic carbocycles. The molecule has 4 rings (SSSR count). The summed E-state index contributed by atoms with van der Waals surface area (Å²) in [6.07, 6.45) is -6.19. The predicted molar refractivity (Wildman–Crippen MR) is 133 cm³/mol. The molecule has 2 aliphatic rings. The van der Waals surface area contributed by atoms with E-state index in [0.29, 0.717) is 18.0 Å². The Morgan fingerprint density at radius 3 is 2.31 bits per heavy atom. The Bertz CT molecular complexity index is 1130. The summed E-state index contributed by atoms with van der Waals surface area (Å²) in [7, 11) is 3.15. The molecule has 2 aromatic rings. The van der Waals surface area contributed by atoms with Crippen LogP contribution in [0.3, 0.4) is 0 Å². The average Bonchev–Trinajstić information content (AvgIpc) is 3.39. The number of aliphatic imine (C=N–C) groups is 1. The SMILES string of the molecule is CCO[C@@H]1[C@@H](OC)[C@H](C)O[C@@H](O/N=C/c2ccc(C3N=C(c4ccc(OC(F)(F)F)cc4)NO3)cc2)[C@@H]1OC. The highest BCUT2D eigenvalue weighted by Gasteiger charge is 2.47. The molecule has 1 N–H and O–H groups in total. The first-order valence-corrected chi connectivity index (χ1v) is 12.2. The van der Waals surface area contributed by atoms with E-state index in [1.165, 1.54) is 30.5 Å². The number of nitrogens with one attached hydrogen (secondary N) is 1. The number of hydrogen-bond donors (Lipinski definition) is 1. The van der Waals surface area contributed by atoms with Gasteiger partial charge in [-0.2, -0.15) is 0 Å². The van der Waals surface area contributed by atoms with Crippen LogP contribution in [0, 0.1) is 0 Å². The molecule has 0 aromatic heterocycles. The second-order valence-electron chi connectivity index (χ2n) is 8.66. The number of alkyl halides is 3. The zero-order valence-electron chi connectivity index (χ0n) is 21.8. The molecule has 0 aliphatic carbocycles. The molecular weight excluding hydrogens is 523 g/mol. The van der Waals surface area contributed by atoms with Crippen LogP contribution in [-0.2, 0) is 28.6 Å². The first kappa shape index (κ1) is 28.8. The number of amidine groups is 1. The van der Waals surface area contributed by atoms with Crippen molar-refractivity contribution in [3.63, 3.8) is 0 Å². The van der Waals surface area contributed by atoms with Crippen LogP contribution in [0.1, 0.15) is 36.8 Å².